The summed E-state index contributed by atoms with van der Waals surface area (Å²) in [5.41, 5.74) is 3.02. The second-order valence-electron chi connectivity index (χ2n) is 7.96. The first-order valence-corrected chi connectivity index (χ1v) is 9.72. The van der Waals surface area contributed by atoms with Crippen molar-refractivity contribution in [3.8, 4) is 16.3 Å². The van der Waals surface area contributed by atoms with Gasteiger partial charge >= 0.3 is 0 Å². The highest BCUT2D eigenvalue weighted by Gasteiger charge is 2.52. The van der Waals surface area contributed by atoms with E-state index in [1.165, 1.54) is 54.8 Å². The van der Waals surface area contributed by atoms with Gasteiger partial charge in [0.1, 0.15) is 10.8 Å². The van der Waals surface area contributed by atoms with Crippen LogP contribution in [0.1, 0.15) is 44.2 Å². The maximum atomic E-state index is 5.26. The van der Waals surface area contributed by atoms with Gasteiger partial charge in [-0.15, -0.1) is 11.3 Å². The van der Waals surface area contributed by atoms with Gasteiger partial charge in [0.25, 0.3) is 0 Å². The van der Waals surface area contributed by atoms with E-state index >= 15 is 0 Å². The lowest BCUT2D eigenvalue weighted by molar-refractivity contribution is -0.00689. The maximum absolute atomic E-state index is 5.26. The third-order valence-corrected chi connectivity index (χ3v) is 7.31. The average Bonchev–Trinajstić information content (AvgIpc) is 3.04. The van der Waals surface area contributed by atoms with Crippen LogP contribution in [0.4, 0.5) is 0 Å². The van der Waals surface area contributed by atoms with Gasteiger partial charge in [-0.05, 0) is 80.5 Å². The van der Waals surface area contributed by atoms with Crippen molar-refractivity contribution in [2.45, 2.75) is 43.9 Å². The Morgan fingerprint density at radius 3 is 2.17 bits per heavy atom. The maximum Gasteiger partial charge on any atom is 0.123 e. The van der Waals surface area contributed by atoms with Crippen LogP contribution in [-0.2, 0) is 5.41 Å². The summed E-state index contributed by atoms with van der Waals surface area (Å²) >= 11 is 1.81. The molecule has 1 heterocycles. The minimum absolute atomic E-state index is 0.413. The van der Waals surface area contributed by atoms with Gasteiger partial charge in [0, 0.05) is 16.4 Å². The molecule has 1 aromatic heterocycles. The van der Waals surface area contributed by atoms with E-state index in [2.05, 4.69) is 17.5 Å². The number of thiazole rings is 1. The molecule has 4 aliphatic rings. The van der Waals surface area contributed by atoms with Gasteiger partial charge in [-0.25, -0.2) is 4.98 Å². The molecule has 3 heteroatoms. The van der Waals surface area contributed by atoms with Crippen molar-refractivity contribution in [2.75, 3.05) is 7.11 Å². The van der Waals surface area contributed by atoms with Gasteiger partial charge in [0.15, 0.2) is 0 Å². The van der Waals surface area contributed by atoms with E-state index in [0.717, 1.165) is 23.5 Å². The number of aromatic nitrogens is 1. The molecule has 0 radical (unpaired) electrons. The van der Waals surface area contributed by atoms with E-state index in [0.29, 0.717) is 5.41 Å². The SMILES string of the molecule is COc1ccc(-c2nc(C34CC5CC(CC(C5)C3)C4)cs2)cc1. The Morgan fingerprint density at radius 2 is 1.61 bits per heavy atom. The predicted octanol–water partition coefficient (Wildman–Crippen LogP) is 5.29. The first kappa shape index (κ1) is 14.0. The van der Waals surface area contributed by atoms with Crippen LogP contribution in [-0.4, -0.2) is 12.1 Å². The van der Waals surface area contributed by atoms with Gasteiger partial charge in [-0.2, -0.15) is 0 Å². The van der Waals surface area contributed by atoms with Crippen LogP contribution < -0.4 is 4.74 Å². The van der Waals surface area contributed by atoms with E-state index < -0.39 is 0 Å². The Hall–Kier alpha value is -1.35. The normalized spacial score (nSPS) is 34.7. The standard InChI is InChI=1S/C20H23NOS/c1-22-17-4-2-16(3-5-17)19-21-18(12-23-19)20-9-13-6-14(10-20)8-15(7-13)11-20/h2-5,12-15H,6-11H2,1H3. The van der Waals surface area contributed by atoms with Gasteiger partial charge in [-0.3, -0.25) is 0 Å². The summed E-state index contributed by atoms with van der Waals surface area (Å²) in [6, 6.07) is 8.31. The van der Waals surface area contributed by atoms with Crippen LogP contribution in [0, 0.1) is 17.8 Å². The highest BCUT2D eigenvalue weighted by atomic mass is 32.1. The number of rotatable bonds is 3. The number of nitrogens with zero attached hydrogens (tertiary/aromatic N) is 1. The van der Waals surface area contributed by atoms with Gasteiger partial charge in [0.2, 0.25) is 0 Å². The molecular weight excluding hydrogens is 302 g/mol. The summed E-state index contributed by atoms with van der Waals surface area (Å²) in [5, 5.41) is 3.52. The van der Waals surface area contributed by atoms with Crippen molar-refractivity contribution in [1.82, 2.24) is 4.98 Å². The second kappa shape index (κ2) is 5.07. The minimum Gasteiger partial charge on any atom is -0.497 e. The molecule has 0 spiro atoms. The van der Waals surface area contributed by atoms with Crippen molar-refractivity contribution in [3.63, 3.8) is 0 Å². The summed E-state index contributed by atoms with van der Waals surface area (Å²) in [6.45, 7) is 0. The third-order valence-electron chi connectivity index (χ3n) is 6.42. The largest absolute Gasteiger partial charge is 0.497 e. The highest BCUT2D eigenvalue weighted by Crippen LogP contribution is 2.60. The summed E-state index contributed by atoms with van der Waals surface area (Å²) in [7, 11) is 1.71. The Morgan fingerprint density at radius 1 is 1.00 bits per heavy atom. The molecule has 4 fully saturated rings. The summed E-state index contributed by atoms with van der Waals surface area (Å²) < 4.78 is 5.26. The van der Waals surface area contributed by atoms with Crippen molar-refractivity contribution >= 4 is 11.3 Å². The fraction of sp³-hybridized carbons (Fsp3) is 0.550. The van der Waals surface area contributed by atoms with Crippen molar-refractivity contribution < 1.29 is 4.74 Å². The van der Waals surface area contributed by atoms with Crippen LogP contribution in [0.2, 0.25) is 0 Å². The van der Waals surface area contributed by atoms with E-state index in [1.54, 1.807) is 7.11 Å². The Bertz CT molecular complexity index is 682. The molecule has 4 bridgehead atoms. The fourth-order valence-electron chi connectivity index (χ4n) is 5.81. The van der Waals surface area contributed by atoms with Gasteiger partial charge in [-0.1, -0.05) is 0 Å². The number of hydrogen-bond donors (Lipinski definition) is 0. The molecule has 4 aliphatic carbocycles. The van der Waals surface area contributed by atoms with E-state index in [4.69, 9.17) is 9.72 Å². The van der Waals surface area contributed by atoms with E-state index in [-0.39, 0.29) is 0 Å². The molecule has 0 aliphatic heterocycles. The molecular formula is C20H23NOS. The number of methoxy groups -OCH3 is 1. The van der Waals surface area contributed by atoms with Crippen molar-refractivity contribution in [1.29, 1.82) is 0 Å². The molecule has 0 saturated heterocycles. The Labute approximate surface area is 141 Å². The van der Waals surface area contributed by atoms with Gasteiger partial charge < -0.3 is 4.74 Å². The summed E-state index contributed by atoms with van der Waals surface area (Å²) in [5.74, 6) is 3.85. The molecule has 120 valence electrons. The van der Waals surface area contributed by atoms with Crippen LogP contribution >= 0.6 is 11.3 Å². The molecule has 6 rings (SSSR count). The molecule has 2 aromatic rings. The van der Waals surface area contributed by atoms with Crippen LogP contribution in [0.25, 0.3) is 10.6 Å². The van der Waals surface area contributed by atoms with Crippen LogP contribution in [0.15, 0.2) is 29.6 Å². The Kier molecular flexibility index (Phi) is 3.09. The Balaban J connectivity index is 1.47. The van der Waals surface area contributed by atoms with Crippen LogP contribution in [0.5, 0.6) is 5.75 Å². The number of benzene rings is 1. The average molecular weight is 325 g/mol. The van der Waals surface area contributed by atoms with Crippen molar-refractivity contribution in [2.24, 2.45) is 17.8 Å². The monoisotopic (exact) mass is 325 g/mol. The number of ether oxygens (including phenoxy) is 1. The zero-order chi connectivity index (χ0) is 15.4. The van der Waals surface area contributed by atoms with Crippen molar-refractivity contribution in [3.05, 3.63) is 35.3 Å². The molecule has 0 atom stereocenters. The molecule has 1 aromatic carbocycles. The summed E-state index contributed by atoms with van der Waals surface area (Å²) in [4.78, 5) is 5.10. The van der Waals surface area contributed by atoms with Crippen LogP contribution in [0.3, 0.4) is 0 Å². The second-order valence-corrected chi connectivity index (χ2v) is 8.82. The molecule has 23 heavy (non-hydrogen) atoms. The lowest BCUT2D eigenvalue weighted by Crippen LogP contribution is -2.48. The van der Waals surface area contributed by atoms with E-state index in [1.807, 2.05) is 23.5 Å². The highest BCUT2D eigenvalue weighted by molar-refractivity contribution is 7.13. The first-order valence-electron chi connectivity index (χ1n) is 8.84. The summed E-state index contributed by atoms with van der Waals surface area (Å²) in [6.07, 6.45) is 8.67. The lowest BCUT2D eigenvalue weighted by atomic mass is 9.49. The molecule has 0 amide bonds. The molecule has 0 unspecified atom stereocenters. The zero-order valence-electron chi connectivity index (χ0n) is 13.6. The quantitative estimate of drug-likeness (QED) is 0.765. The molecule has 4 saturated carbocycles. The smallest absolute Gasteiger partial charge is 0.123 e. The van der Waals surface area contributed by atoms with Gasteiger partial charge in [0.05, 0.1) is 12.8 Å². The third kappa shape index (κ3) is 2.24. The molecule has 2 nitrogen and oxygen atoms in total. The van der Waals surface area contributed by atoms with E-state index in [9.17, 15) is 0 Å². The lowest BCUT2D eigenvalue weighted by Gasteiger charge is -2.56. The fourth-order valence-corrected chi connectivity index (χ4v) is 6.76. The first-order chi connectivity index (χ1) is 11.2. The zero-order valence-corrected chi connectivity index (χ0v) is 14.4. The number of hydrogen-bond acceptors (Lipinski definition) is 3. The molecule has 0 N–H and O–H groups in total. The topological polar surface area (TPSA) is 22.1 Å². The predicted molar refractivity (Wildman–Crippen MR) is 94.0 cm³/mol. The minimum atomic E-state index is 0.413.